The molecule has 0 atom stereocenters. The van der Waals surface area contributed by atoms with Gasteiger partial charge in [0.05, 0.1) is 34.7 Å². The number of fused-ring (bicyclic) bond motifs is 1. The van der Waals surface area contributed by atoms with Crippen molar-refractivity contribution < 1.29 is 22.7 Å². The molecule has 1 saturated heterocycles. The molecule has 4 rings (SSSR count). The summed E-state index contributed by atoms with van der Waals surface area (Å²) < 4.78 is 40.3. The zero-order valence-corrected chi connectivity index (χ0v) is 20.2. The van der Waals surface area contributed by atoms with E-state index in [4.69, 9.17) is 9.47 Å². The fraction of sp³-hybridized carbons (Fsp3) is 0.417. The molecule has 3 aromatic rings. The number of imidazole rings is 1. The van der Waals surface area contributed by atoms with E-state index in [0.717, 1.165) is 22.2 Å². The van der Waals surface area contributed by atoms with Crippen LogP contribution in [0.5, 0.6) is 0 Å². The molecule has 0 aliphatic carbocycles. The van der Waals surface area contributed by atoms with Gasteiger partial charge >= 0.3 is 5.97 Å². The molecular weight excluding hydrogens is 442 g/mol. The number of benzene rings is 2. The van der Waals surface area contributed by atoms with Crippen molar-refractivity contribution >= 4 is 27.0 Å². The van der Waals surface area contributed by atoms with Gasteiger partial charge in [0.25, 0.3) is 0 Å². The lowest BCUT2D eigenvalue weighted by atomic mass is 10.00. The SMILES string of the molecule is CCn1c(COC(=O)c2c(C)cc(C)cc2C)nc2cc(S(=O)(=O)N3CCOCC3)ccc21. The molecule has 9 heteroatoms. The highest BCUT2D eigenvalue weighted by Crippen LogP contribution is 2.24. The van der Waals surface area contributed by atoms with Crippen LogP contribution in [0.25, 0.3) is 11.0 Å². The third-order valence-corrected chi connectivity index (χ3v) is 7.83. The van der Waals surface area contributed by atoms with E-state index in [2.05, 4.69) is 4.98 Å². The highest BCUT2D eigenvalue weighted by atomic mass is 32.2. The molecule has 0 N–H and O–H groups in total. The number of morpholine rings is 1. The molecule has 0 amide bonds. The standard InChI is InChI=1S/C24H29N3O5S/c1-5-27-21-7-6-19(33(29,30)26-8-10-31-11-9-26)14-20(21)25-22(27)15-32-24(28)23-17(3)12-16(2)13-18(23)4/h6-7,12-14H,5,8-11,15H2,1-4H3. The van der Waals surface area contributed by atoms with Crippen LogP contribution in [0.15, 0.2) is 35.2 Å². The molecule has 0 unspecified atom stereocenters. The van der Waals surface area contributed by atoms with Crippen LogP contribution >= 0.6 is 0 Å². The fourth-order valence-electron chi connectivity index (χ4n) is 4.42. The Kier molecular flexibility index (Phi) is 6.56. The number of hydrogen-bond acceptors (Lipinski definition) is 6. The average molecular weight is 472 g/mol. The lowest BCUT2D eigenvalue weighted by molar-refractivity contribution is 0.0457. The summed E-state index contributed by atoms with van der Waals surface area (Å²) in [5, 5.41) is 0. The van der Waals surface area contributed by atoms with Gasteiger partial charge < -0.3 is 14.0 Å². The molecule has 33 heavy (non-hydrogen) atoms. The number of aryl methyl sites for hydroxylation is 4. The maximum atomic E-state index is 13.0. The summed E-state index contributed by atoms with van der Waals surface area (Å²) in [6.45, 7) is 9.82. The van der Waals surface area contributed by atoms with Gasteiger partial charge in [0.1, 0.15) is 12.4 Å². The van der Waals surface area contributed by atoms with Crippen LogP contribution < -0.4 is 0 Å². The van der Waals surface area contributed by atoms with Gasteiger partial charge in [-0.1, -0.05) is 17.7 Å². The third-order valence-electron chi connectivity index (χ3n) is 5.94. The summed E-state index contributed by atoms with van der Waals surface area (Å²) in [6.07, 6.45) is 0. The van der Waals surface area contributed by atoms with Crippen molar-refractivity contribution in [3.63, 3.8) is 0 Å². The van der Waals surface area contributed by atoms with Gasteiger partial charge in [-0.25, -0.2) is 18.2 Å². The van der Waals surface area contributed by atoms with Gasteiger partial charge in [0, 0.05) is 19.6 Å². The highest BCUT2D eigenvalue weighted by molar-refractivity contribution is 7.89. The molecule has 1 aliphatic rings. The molecule has 2 aromatic carbocycles. The predicted molar refractivity (Wildman–Crippen MR) is 125 cm³/mol. The zero-order valence-electron chi connectivity index (χ0n) is 19.4. The summed E-state index contributed by atoms with van der Waals surface area (Å²) in [4.78, 5) is 17.6. The number of aromatic nitrogens is 2. The van der Waals surface area contributed by atoms with Crippen molar-refractivity contribution in [2.75, 3.05) is 26.3 Å². The van der Waals surface area contributed by atoms with E-state index in [-0.39, 0.29) is 11.5 Å². The molecule has 1 aromatic heterocycles. The Bertz CT molecular complexity index is 1280. The molecule has 2 heterocycles. The second-order valence-corrected chi connectivity index (χ2v) is 10.2. The molecule has 0 spiro atoms. The van der Waals surface area contributed by atoms with Crippen LogP contribution in [0.4, 0.5) is 0 Å². The van der Waals surface area contributed by atoms with Crippen molar-refractivity contribution in [2.24, 2.45) is 0 Å². The fourth-order valence-corrected chi connectivity index (χ4v) is 5.85. The number of sulfonamides is 1. The predicted octanol–water partition coefficient (Wildman–Crippen LogP) is 3.36. The summed E-state index contributed by atoms with van der Waals surface area (Å²) in [7, 11) is -3.62. The minimum absolute atomic E-state index is 0.000340. The van der Waals surface area contributed by atoms with Crippen LogP contribution in [-0.4, -0.2) is 54.5 Å². The molecule has 176 valence electrons. The lowest BCUT2D eigenvalue weighted by Crippen LogP contribution is -2.40. The quantitative estimate of drug-likeness (QED) is 0.512. The summed E-state index contributed by atoms with van der Waals surface area (Å²) >= 11 is 0. The van der Waals surface area contributed by atoms with Crippen LogP contribution in [0.2, 0.25) is 0 Å². The topological polar surface area (TPSA) is 90.7 Å². The smallest absolute Gasteiger partial charge is 0.339 e. The van der Waals surface area contributed by atoms with E-state index in [1.165, 1.54) is 4.31 Å². The third kappa shape index (κ3) is 4.53. The largest absolute Gasteiger partial charge is 0.454 e. The van der Waals surface area contributed by atoms with E-state index >= 15 is 0 Å². The van der Waals surface area contributed by atoms with Crippen LogP contribution in [-0.2, 0) is 32.6 Å². The normalized spacial score (nSPS) is 15.2. The molecule has 0 radical (unpaired) electrons. The Morgan fingerprint density at radius 2 is 1.76 bits per heavy atom. The Morgan fingerprint density at radius 1 is 1.09 bits per heavy atom. The molecule has 1 aliphatic heterocycles. The first-order valence-electron chi connectivity index (χ1n) is 11.0. The number of carbonyl (C=O) groups excluding carboxylic acids is 1. The van der Waals surface area contributed by atoms with E-state index in [1.807, 2.05) is 44.4 Å². The Labute approximate surface area is 194 Å². The van der Waals surface area contributed by atoms with E-state index in [0.29, 0.717) is 49.8 Å². The van der Waals surface area contributed by atoms with Crippen molar-refractivity contribution in [1.29, 1.82) is 0 Å². The van der Waals surface area contributed by atoms with Crippen molar-refractivity contribution in [1.82, 2.24) is 13.9 Å². The summed E-state index contributed by atoms with van der Waals surface area (Å²) in [5.74, 6) is 0.180. The Balaban J connectivity index is 1.60. The van der Waals surface area contributed by atoms with Crippen LogP contribution in [0.1, 0.15) is 39.8 Å². The van der Waals surface area contributed by atoms with Crippen molar-refractivity contribution in [2.45, 2.75) is 45.7 Å². The number of esters is 1. The second-order valence-electron chi connectivity index (χ2n) is 8.29. The van der Waals surface area contributed by atoms with Gasteiger partial charge in [0.2, 0.25) is 10.0 Å². The minimum Gasteiger partial charge on any atom is -0.454 e. The molecular formula is C24H29N3O5S. The number of carbonyl (C=O) groups is 1. The van der Waals surface area contributed by atoms with Crippen molar-refractivity contribution in [3.8, 4) is 0 Å². The van der Waals surface area contributed by atoms with Gasteiger partial charge in [-0.3, -0.25) is 0 Å². The van der Waals surface area contributed by atoms with E-state index < -0.39 is 16.0 Å². The number of rotatable bonds is 6. The lowest BCUT2D eigenvalue weighted by Gasteiger charge is -2.26. The second kappa shape index (κ2) is 9.24. The van der Waals surface area contributed by atoms with Crippen LogP contribution in [0.3, 0.4) is 0 Å². The first-order valence-corrected chi connectivity index (χ1v) is 12.5. The minimum atomic E-state index is -3.62. The number of hydrogen-bond donors (Lipinski definition) is 0. The molecule has 8 nitrogen and oxygen atoms in total. The zero-order chi connectivity index (χ0) is 23.8. The Morgan fingerprint density at radius 3 is 2.39 bits per heavy atom. The monoisotopic (exact) mass is 471 g/mol. The molecule has 0 bridgehead atoms. The first-order chi connectivity index (χ1) is 15.7. The van der Waals surface area contributed by atoms with Crippen molar-refractivity contribution in [3.05, 3.63) is 58.4 Å². The van der Waals surface area contributed by atoms with Crippen LogP contribution in [0, 0.1) is 20.8 Å². The highest BCUT2D eigenvalue weighted by Gasteiger charge is 2.27. The molecule has 0 saturated carbocycles. The van der Waals surface area contributed by atoms with E-state index in [1.54, 1.807) is 18.2 Å². The maximum Gasteiger partial charge on any atom is 0.339 e. The van der Waals surface area contributed by atoms with Gasteiger partial charge in [-0.05, 0) is 57.0 Å². The van der Waals surface area contributed by atoms with Gasteiger partial charge in [-0.2, -0.15) is 4.31 Å². The maximum absolute atomic E-state index is 13.0. The first kappa shape index (κ1) is 23.4. The average Bonchev–Trinajstić information content (AvgIpc) is 3.14. The Hall–Kier alpha value is -2.75. The number of ether oxygens (including phenoxy) is 2. The molecule has 1 fully saturated rings. The summed E-state index contributed by atoms with van der Waals surface area (Å²) in [5.41, 5.74) is 4.77. The number of nitrogens with zero attached hydrogens (tertiary/aromatic N) is 3. The van der Waals surface area contributed by atoms with E-state index in [9.17, 15) is 13.2 Å². The summed E-state index contributed by atoms with van der Waals surface area (Å²) in [6, 6.07) is 8.88. The van der Waals surface area contributed by atoms with Gasteiger partial charge in [-0.15, -0.1) is 0 Å². The van der Waals surface area contributed by atoms with Gasteiger partial charge in [0.15, 0.2) is 0 Å².